The number of hydrogen-bond acceptors (Lipinski definition) is 6. The van der Waals surface area contributed by atoms with Crippen LogP contribution < -0.4 is 9.47 Å². The zero-order valence-corrected chi connectivity index (χ0v) is 20.4. The van der Waals surface area contributed by atoms with Crippen LogP contribution in [0.1, 0.15) is 43.2 Å². The van der Waals surface area contributed by atoms with E-state index in [-0.39, 0.29) is 11.9 Å². The fourth-order valence-corrected chi connectivity index (χ4v) is 5.86. The molecule has 0 bridgehead atoms. The highest BCUT2D eigenvalue weighted by molar-refractivity contribution is 9.10. The molecule has 2 aliphatic rings. The molecule has 162 valence electrons. The van der Waals surface area contributed by atoms with Crippen LogP contribution in [-0.4, -0.2) is 33.3 Å². The monoisotopic (exact) mass is 518 g/mol. The number of ether oxygens (including phenoxy) is 2. The van der Waals surface area contributed by atoms with Crippen molar-refractivity contribution in [3.05, 3.63) is 57.2 Å². The van der Waals surface area contributed by atoms with Gasteiger partial charge in [-0.2, -0.15) is 0 Å². The van der Waals surface area contributed by atoms with Crippen LogP contribution in [0.3, 0.4) is 0 Å². The van der Waals surface area contributed by atoms with Gasteiger partial charge in [0.25, 0.3) is 5.91 Å². The summed E-state index contributed by atoms with van der Waals surface area (Å²) in [5.74, 6) is 1.22. The largest absolute Gasteiger partial charge is 0.493 e. The fourth-order valence-electron chi connectivity index (χ4n) is 3.88. The van der Waals surface area contributed by atoms with Crippen LogP contribution in [0.5, 0.6) is 11.5 Å². The van der Waals surface area contributed by atoms with Crippen molar-refractivity contribution in [1.29, 1.82) is 0 Å². The molecule has 0 spiro atoms. The Hall–Kier alpha value is -1.90. The summed E-state index contributed by atoms with van der Waals surface area (Å²) in [6.45, 7) is 0.400. The van der Waals surface area contributed by atoms with Crippen molar-refractivity contribution in [1.82, 2.24) is 9.88 Å². The van der Waals surface area contributed by atoms with E-state index >= 15 is 0 Å². The molecule has 1 saturated carbocycles. The molecule has 2 aromatic rings. The number of methoxy groups -OCH3 is 1. The molecule has 1 amide bonds. The van der Waals surface area contributed by atoms with Gasteiger partial charge in [-0.1, -0.05) is 43.2 Å². The molecule has 2 heterocycles. The van der Waals surface area contributed by atoms with E-state index in [2.05, 4.69) is 20.9 Å². The molecule has 4 rings (SSSR count). The van der Waals surface area contributed by atoms with Gasteiger partial charge >= 0.3 is 0 Å². The average Bonchev–Trinajstić information content (AvgIpc) is 3.06. The predicted octanol–water partition coefficient (Wildman–Crippen LogP) is 5.97. The number of hydrogen-bond donors (Lipinski definition) is 0. The topological polar surface area (TPSA) is 51.7 Å². The first-order valence-corrected chi connectivity index (χ1v) is 12.2. The van der Waals surface area contributed by atoms with Crippen molar-refractivity contribution < 1.29 is 14.3 Å². The van der Waals surface area contributed by atoms with Gasteiger partial charge in [-0.15, -0.1) is 0 Å². The molecule has 8 heteroatoms. The Morgan fingerprint density at radius 3 is 2.71 bits per heavy atom. The van der Waals surface area contributed by atoms with Crippen LogP contribution in [0.2, 0.25) is 0 Å². The molecule has 1 aromatic carbocycles. The Bertz CT molecular complexity index is 1010. The number of amides is 1. The Kier molecular flexibility index (Phi) is 7.30. The summed E-state index contributed by atoms with van der Waals surface area (Å²) in [7, 11) is 1.60. The van der Waals surface area contributed by atoms with E-state index in [1.54, 1.807) is 19.5 Å². The summed E-state index contributed by atoms with van der Waals surface area (Å²) in [5.41, 5.74) is 1.86. The quantitative estimate of drug-likeness (QED) is 0.347. The molecule has 0 atom stereocenters. The number of rotatable bonds is 6. The van der Waals surface area contributed by atoms with Crippen molar-refractivity contribution in [2.75, 3.05) is 7.11 Å². The van der Waals surface area contributed by atoms with Crippen LogP contribution in [-0.2, 0) is 11.4 Å². The lowest BCUT2D eigenvalue weighted by Gasteiger charge is -2.29. The van der Waals surface area contributed by atoms with Crippen LogP contribution in [0, 0.1) is 0 Å². The summed E-state index contributed by atoms with van der Waals surface area (Å²) in [6.07, 6.45) is 11.0. The maximum atomic E-state index is 13.1. The summed E-state index contributed by atoms with van der Waals surface area (Å²) >= 11 is 10.5. The first-order chi connectivity index (χ1) is 15.1. The number of thioether (sulfide) groups is 1. The van der Waals surface area contributed by atoms with Gasteiger partial charge in [0, 0.05) is 18.4 Å². The Labute approximate surface area is 200 Å². The third-order valence-corrected chi connectivity index (χ3v) is 7.36. The van der Waals surface area contributed by atoms with Crippen molar-refractivity contribution >= 4 is 56.2 Å². The van der Waals surface area contributed by atoms with E-state index < -0.39 is 0 Å². The van der Waals surface area contributed by atoms with Gasteiger partial charge in [-0.3, -0.25) is 14.7 Å². The molecule has 0 unspecified atom stereocenters. The van der Waals surface area contributed by atoms with E-state index in [4.69, 9.17) is 21.7 Å². The Morgan fingerprint density at radius 2 is 2.00 bits per heavy atom. The van der Waals surface area contributed by atoms with Crippen molar-refractivity contribution in [2.45, 2.75) is 44.8 Å². The Balaban J connectivity index is 1.54. The number of nitrogens with zero attached hydrogens (tertiary/aromatic N) is 2. The zero-order chi connectivity index (χ0) is 21.8. The summed E-state index contributed by atoms with van der Waals surface area (Å²) in [5, 5.41) is 0. The van der Waals surface area contributed by atoms with E-state index in [1.807, 2.05) is 35.2 Å². The number of carbonyl (C=O) groups is 1. The number of halogens is 1. The number of benzene rings is 1. The summed E-state index contributed by atoms with van der Waals surface area (Å²) in [4.78, 5) is 19.6. The van der Waals surface area contributed by atoms with Gasteiger partial charge in [0.1, 0.15) is 10.9 Å². The molecule has 31 heavy (non-hydrogen) atoms. The number of pyridine rings is 1. The van der Waals surface area contributed by atoms with Crippen LogP contribution >= 0.6 is 39.9 Å². The minimum absolute atomic E-state index is 0.00926. The van der Waals surface area contributed by atoms with E-state index in [0.717, 1.165) is 41.3 Å². The molecule has 0 N–H and O–H groups in total. The third kappa shape index (κ3) is 5.13. The SMILES string of the molecule is COc1cc(/C=C2/SC(=S)N(C3CCCCC3)C2=O)cc(Br)c1OCc1ccncc1. The van der Waals surface area contributed by atoms with Gasteiger partial charge in [0.05, 0.1) is 16.5 Å². The second-order valence-electron chi connectivity index (χ2n) is 7.52. The first kappa shape index (κ1) is 22.3. The highest BCUT2D eigenvalue weighted by atomic mass is 79.9. The first-order valence-electron chi connectivity index (χ1n) is 10.2. The molecule has 1 saturated heterocycles. The molecule has 1 aliphatic heterocycles. The minimum atomic E-state index is 0.00926. The lowest BCUT2D eigenvalue weighted by Crippen LogP contribution is -2.39. The van der Waals surface area contributed by atoms with Crippen LogP contribution in [0.4, 0.5) is 0 Å². The predicted molar refractivity (Wildman–Crippen MR) is 131 cm³/mol. The number of aromatic nitrogens is 1. The Morgan fingerprint density at radius 1 is 1.26 bits per heavy atom. The normalized spacial score (nSPS) is 18.6. The molecular weight excluding hydrogens is 496 g/mol. The van der Waals surface area contributed by atoms with Crippen molar-refractivity contribution in [3.8, 4) is 11.5 Å². The minimum Gasteiger partial charge on any atom is -0.493 e. The fraction of sp³-hybridized carbons (Fsp3) is 0.348. The van der Waals surface area contributed by atoms with Gasteiger partial charge in [-0.05, 0) is 70.2 Å². The average molecular weight is 519 g/mol. The summed E-state index contributed by atoms with van der Waals surface area (Å²) in [6, 6.07) is 7.85. The summed E-state index contributed by atoms with van der Waals surface area (Å²) < 4.78 is 13.0. The van der Waals surface area contributed by atoms with Crippen LogP contribution in [0.25, 0.3) is 6.08 Å². The van der Waals surface area contributed by atoms with Crippen molar-refractivity contribution in [2.24, 2.45) is 0 Å². The number of carbonyl (C=O) groups excluding carboxylic acids is 1. The molecule has 5 nitrogen and oxygen atoms in total. The van der Waals surface area contributed by atoms with Gasteiger partial charge in [-0.25, -0.2) is 0 Å². The molecule has 1 aromatic heterocycles. The standard InChI is InChI=1S/C23H23BrN2O3S2/c1-28-19-12-16(11-18(24)21(19)29-14-15-7-9-25-10-8-15)13-20-22(27)26(23(30)31-20)17-5-3-2-4-6-17/h7-13,17H,2-6,14H2,1H3/b20-13+. The lowest BCUT2D eigenvalue weighted by molar-refractivity contribution is -0.124. The number of thiocarbonyl (C=S) groups is 1. The van der Waals surface area contributed by atoms with Gasteiger partial charge in [0.15, 0.2) is 11.5 Å². The maximum Gasteiger partial charge on any atom is 0.266 e. The molecule has 1 aliphatic carbocycles. The zero-order valence-electron chi connectivity index (χ0n) is 17.2. The highest BCUT2D eigenvalue weighted by Crippen LogP contribution is 2.40. The van der Waals surface area contributed by atoms with E-state index in [0.29, 0.717) is 27.3 Å². The van der Waals surface area contributed by atoms with Crippen molar-refractivity contribution in [3.63, 3.8) is 0 Å². The highest BCUT2D eigenvalue weighted by Gasteiger charge is 2.37. The smallest absolute Gasteiger partial charge is 0.266 e. The maximum absolute atomic E-state index is 13.1. The van der Waals surface area contributed by atoms with Gasteiger partial charge in [0.2, 0.25) is 0 Å². The molecular formula is C23H23BrN2O3S2. The second kappa shape index (κ2) is 10.1. The van der Waals surface area contributed by atoms with Crippen LogP contribution in [0.15, 0.2) is 46.0 Å². The van der Waals surface area contributed by atoms with E-state index in [1.165, 1.54) is 18.2 Å². The lowest BCUT2D eigenvalue weighted by atomic mass is 9.94. The molecule has 2 fully saturated rings. The second-order valence-corrected chi connectivity index (χ2v) is 10.1. The van der Waals surface area contributed by atoms with Gasteiger partial charge < -0.3 is 9.47 Å². The van der Waals surface area contributed by atoms with E-state index in [9.17, 15) is 4.79 Å². The molecule has 0 radical (unpaired) electrons. The third-order valence-electron chi connectivity index (χ3n) is 5.45.